The number of likely N-dealkylation sites (tertiary alicyclic amines) is 1. The van der Waals surface area contributed by atoms with E-state index < -0.39 is 0 Å². The maximum atomic E-state index is 12.6. The molecule has 0 aromatic heterocycles. The van der Waals surface area contributed by atoms with Crippen LogP contribution in [0.2, 0.25) is 0 Å². The molecule has 1 saturated heterocycles. The average Bonchev–Trinajstić information content (AvgIpc) is 2.68. The molecular weight excluding hydrogens is 354 g/mol. The van der Waals surface area contributed by atoms with Crippen molar-refractivity contribution in [3.05, 3.63) is 60.2 Å². The highest BCUT2D eigenvalue weighted by atomic mass is 16.2. The van der Waals surface area contributed by atoms with Gasteiger partial charge in [-0.15, -0.1) is 0 Å². The molecular formula is C22H25N3O3. The van der Waals surface area contributed by atoms with Crippen molar-refractivity contribution in [2.75, 3.05) is 23.7 Å². The van der Waals surface area contributed by atoms with Crippen LogP contribution in [0.25, 0.3) is 0 Å². The Hall–Kier alpha value is -3.15. The first kappa shape index (κ1) is 19.6. The molecule has 146 valence electrons. The maximum Gasteiger partial charge on any atom is 0.227 e. The van der Waals surface area contributed by atoms with Gasteiger partial charge in [0, 0.05) is 37.3 Å². The van der Waals surface area contributed by atoms with Gasteiger partial charge in [0.15, 0.2) is 0 Å². The van der Waals surface area contributed by atoms with Crippen LogP contribution in [0.1, 0.15) is 25.3 Å². The van der Waals surface area contributed by atoms with E-state index in [1.165, 1.54) is 6.92 Å². The Labute approximate surface area is 164 Å². The first-order chi connectivity index (χ1) is 13.5. The van der Waals surface area contributed by atoms with Crippen LogP contribution in [0.3, 0.4) is 0 Å². The molecule has 0 saturated carbocycles. The highest BCUT2D eigenvalue weighted by Gasteiger charge is 2.27. The van der Waals surface area contributed by atoms with Gasteiger partial charge in [-0.3, -0.25) is 14.4 Å². The lowest BCUT2D eigenvalue weighted by Gasteiger charge is -2.31. The number of carbonyl (C=O) groups excluding carboxylic acids is 3. The van der Waals surface area contributed by atoms with Gasteiger partial charge in [-0.25, -0.2) is 0 Å². The summed E-state index contributed by atoms with van der Waals surface area (Å²) in [5.74, 6) is -0.218. The van der Waals surface area contributed by atoms with E-state index >= 15 is 0 Å². The molecule has 1 aliphatic heterocycles. The number of amides is 3. The fourth-order valence-electron chi connectivity index (χ4n) is 3.40. The molecule has 1 aliphatic rings. The van der Waals surface area contributed by atoms with Crippen LogP contribution in [-0.2, 0) is 20.8 Å². The third-order valence-electron chi connectivity index (χ3n) is 4.87. The van der Waals surface area contributed by atoms with Gasteiger partial charge in [0.1, 0.15) is 0 Å². The highest BCUT2D eigenvalue weighted by molar-refractivity contribution is 5.94. The third-order valence-corrected chi connectivity index (χ3v) is 4.87. The fraction of sp³-hybridized carbons (Fsp3) is 0.318. The quantitative estimate of drug-likeness (QED) is 0.838. The second-order valence-corrected chi connectivity index (χ2v) is 7.07. The Morgan fingerprint density at radius 1 is 0.929 bits per heavy atom. The Bertz CT molecular complexity index is 843. The number of hydrogen-bond donors (Lipinski definition) is 2. The second-order valence-electron chi connectivity index (χ2n) is 7.07. The van der Waals surface area contributed by atoms with Crippen LogP contribution in [0.4, 0.5) is 11.4 Å². The molecule has 0 bridgehead atoms. The zero-order chi connectivity index (χ0) is 19.9. The largest absolute Gasteiger partial charge is 0.342 e. The summed E-state index contributed by atoms with van der Waals surface area (Å²) in [4.78, 5) is 38.0. The number of benzene rings is 2. The molecule has 28 heavy (non-hydrogen) atoms. The van der Waals surface area contributed by atoms with Crippen LogP contribution in [0.15, 0.2) is 54.6 Å². The molecule has 2 aromatic carbocycles. The SMILES string of the molecule is CC(=O)Nc1cccc(NC(=O)C2CCN(C(=O)Cc3ccccc3)CC2)c1. The third kappa shape index (κ3) is 5.42. The zero-order valence-electron chi connectivity index (χ0n) is 16.0. The van der Waals surface area contributed by atoms with Crippen LogP contribution in [0, 0.1) is 5.92 Å². The van der Waals surface area contributed by atoms with E-state index in [0.29, 0.717) is 43.7 Å². The number of carbonyl (C=O) groups is 3. The van der Waals surface area contributed by atoms with Crippen LogP contribution >= 0.6 is 0 Å². The van der Waals surface area contributed by atoms with Gasteiger partial charge in [0.25, 0.3) is 0 Å². The van der Waals surface area contributed by atoms with Crippen molar-refractivity contribution in [1.29, 1.82) is 0 Å². The monoisotopic (exact) mass is 379 g/mol. The topological polar surface area (TPSA) is 78.5 Å². The van der Waals surface area contributed by atoms with E-state index in [1.54, 1.807) is 24.3 Å². The summed E-state index contributed by atoms with van der Waals surface area (Å²) in [6, 6.07) is 16.8. The molecule has 0 atom stereocenters. The average molecular weight is 379 g/mol. The van der Waals surface area contributed by atoms with Gasteiger partial charge in [-0.2, -0.15) is 0 Å². The highest BCUT2D eigenvalue weighted by Crippen LogP contribution is 2.21. The smallest absolute Gasteiger partial charge is 0.227 e. The fourth-order valence-corrected chi connectivity index (χ4v) is 3.40. The van der Waals surface area contributed by atoms with E-state index in [2.05, 4.69) is 10.6 Å². The summed E-state index contributed by atoms with van der Waals surface area (Å²) < 4.78 is 0. The van der Waals surface area contributed by atoms with Crippen molar-refractivity contribution in [3.63, 3.8) is 0 Å². The van der Waals surface area contributed by atoms with E-state index in [4.69, 9.17) is 0 Å². The molecule has 0 unspecified atom stereocenters. The standard InChI is InChI=1S/C22H25N3O3/c1-16(26)23-19-8-5-9-20(15-19)24-22(28)18-10-12-25(13-11-18)21(27)14-17-6-3-2-4-7-17/h2-9,15,18H,10-14H2,1H3,(H,23,26)(H,24,28). The van der Waals surface area contributed by atoms with Crippen LogP contribution in [-0.4, -0.2) is 35.7 Å². The summed E-state index contributed by atoms with van der Waals surface area (Å²) in [5, 5.41) is 5.62. The summed E-state index contributed by atoms with van der Waals surface area (Å²) in [7, 11) is 0. The number of anilines is 2. The number of nitrogens with one attached hydrogen (secondary N) is 2. The molecule has 1 heterocycles. The number of rotatable bonds is 5. The second kappa shape index (κ2) is 9.17. The molecule has 3 rings (SSSR count). The Balaban J connectivity index is 1.50. The first-order valence-corrected chi connectivity index (χ1v) is 9.51. The molecule has 1 fully saturated rings. The van der Waals surface area contributed by atoms with Crippen molar-refractivity contribution in [2.45, 2.75) is 26.2 Å². The molecule has 0 aliphatic carbocycles. The Kier molecular flexibility index (Phi) is 6.42. The van der Waals surface area contributed by atoms with Crippen molar-refractivity contribution in [1.82, 2.24) is 4.90 Å². The van der Waals surface area contributed by atoms with Gasteiger partial charge < -0.3 is 15.5 Å². The predicted molar refractivity (Wildman–Crippen MR) is 109 cm³/mol. The maximum absolute atomic E-state index is 12.6. The van der Waals surface area contributed by atoms with Crippen molar-refractivity contribution in [2.24, 2.45) is 5.92 Å². The minimum atomic E-state index is -0.156. The minimum absolute atomic E-state index is 0.0462. The van der Waals surface area contributed by atoms with Gasteiger partial charge >= 0.3 is 0 Å². The Morgan fingerprint density at radius 3 is 2.21 bits per heavy atom. The first-order valence-electron chi connectivity index (χ1n) is 9.51. The lowest BCUT2D eigenvalue weighted by Crippen LogP contribution is -2.42. The molecule has 2 N–H and O–H groups in total. The predicted octanol–water partition coefficient (Wildman–Crippen LogP) is 3.06. The number of piperidine rings is 1. The van der Waals surface area contributed by atoms with E-state index in [9.17, 15) is 14.4 Å². The summed E-state index contributed by atoms with van der Waals surface area (Å²) in [6.07, 6.45) is 1.70. The van der Waals surface area contributed by atoms with E-state index in [-0.39, 0.29) is 23.6 Å². The van der Waals surface area contributed by atoms with Crippen molar-refractivity contribution in [3.8, 4) is 0 Å². The van der Waals surface area contributed by atoms with E-state index in [1.807, 2.05) is 35.2 Å². The molecule has 0 radical (unpaired) electrons. The normalized spacial score (nSPS) is 14.4. The molecule has 2 aromatic rings. The number of hydrogen-bond acceptors (Lipinski definition) is 3. The number of nitrogens with zero attached hydrogens (tertiary/aromatic N) is 1. The minimum Gasteiger partial charge on any atom is -0.342 e. The van der Waals surface area contributed by atoms with E-state index in [0.717, 1.165) is 5.56 Å². The summed E-state index contributed by atoms with van der Waals surface area (Å²) in [5.41, 5.74) is 2.30. The molecule has 3 amide bonds. The summed E-state index contributed by atoms with van der Waals surface area (Å²) >= 11 is 0. The van der Waals surface area contributed by atoms with Crippen molar-refractivity contribution < 1.29 is 14.4 Å². The lowest BCUT2D eigenvalue weighted by molar-refractivity contribution is -0.133. The summed E-state index contributed by atoms with van der Waals surface area (Å²) in [6.45, 7) is 2.63. The molecule has 0 spiro atoms. The van der Waals surface area contributed by atoms with Crippen LogP contribution in [0.5, 0.6) is 0 Å². The Morgan fingerprint density at radius 2 is 1.57 bits per heavy atom. The van der Waals surface area contributed by atoms with Gasteiger partial charge in [0.05, 0.1) is 6.42 Å². The molecule has 6 heteroatoms. The molecule has 6 nitrogen and oxygen atoms in total. The van der Waals surface area contributed by atoms with Crippen LogP contribution < -0.4 is 10.6 Å². The zero-order valence-corrected chi connectivity index (χ0v) is 16.0. The van der Waals surface area contributed by atoms with Gasteiger partial charge in [-0.05, 0) is 36.6 Å². The van der Waals surface area contributed by atoms with Crippen molar-refractivity contribution >= 4 is 29.1 Å². The lowest BCUT2D eigenvalue weighted by atomic mass is 9.95. The van der Waals surface area contributed by atoms with Gasteiger partial charge in [-0.1, -0.05) is 36.4 Å². The van der Waals surface area contributed by atoms with Gasteiger partial charge in [0.2, 0.25) is 17.7 Å².